The van der Waals surface area contributed by atoms with E-state index in [0.717, 1.165) is 11.1 Å². The van der Waals surface area contributed by atoms with Crippen LogP contribution in [-0.2, 0) is 14.8 Å². The highest BCUT2D eigenvalue weighted by molar-refractivity contribution is 7.89. The number of carbonyl (C=O) groups is 1. The molecule has 30 heavy (non-hydrogen) atoms. The smallest absolute Gasteiger partial charge is 0.240 e. The third kappa shape index (κ3) is 5.68. The number of ether oxygens (including phenoxy) is 1. The van der Waals surface area contributed by atoms with E-state index in [1.54, 1.807) is 12.1 Å². The Bertz CT molecular complexity index is 1010. The molecule has 0 fully saturated rings. The zero-order valence-electron chi connectivity index (χ0n) is 16.6. The Labute approximate surface area is 177 Å². The average Bonchev–Trinajstić information content (AvgIpc) is 2.78. The topological polar surface area (TPSA) is 84.5 Å². The summed E-state index contributed by atoms with van der Waals surface area (Å²) in [5, 5.41) is 3.00. The van der Waals surface area contributed by atoms with E-state index >= 15 is 0 Å². The first-order chi connectivity index (χ1) is 14.5. The Morgan fingerprint density at radius 3 is 1.90 bits per heavy atom. The van der Waals surface area contributed by atoms with E-state index in [0.29, 0.717) is 5.75 Å². The van der Waals surface area contributed by atoms with Crippen LogP contribution in [0, 0.1) is 0 Å². The van der Waals surface area contributed by atoms with Gasteiger partial charge in [0.1, 0.15) is 5.75 Å². The molecule has 0 atom stereocenters. The quantitative estimate of drug-likeness (QED) is 0.552. The van der Waals surface area contributed by atoms with Crippen LogP contribution in [0.2, 0.25) is 0 Å². The normalized spacial score (nSPS) is 11.3. The van der Waals surface area contributed by atoms with Gasteiger partial charge in [0.25, 0.3) is 0 Å². The number of amides is 1. The van der Waals surface area contributed by atoms with Crippen molar-refractivity contribution >= 4 is 15.9 Å². The SMILES string of the molecule is COc1ccc(S(=O)(=O)NCCC(=O)NC(c2ccccc2)c2ccccc2)cc1. The maximum absolute atomic E-state index is 12.5. The summed E-state index contributed by atoms with van der Waals surface area (Å²) in [5.74, 6) is 0.325. The van der Waals surface area contributed by atoms with Crippen LogP contribution in [0.15, 0.2) is 89.8 Å². The van der Waals surface area contributed by atoms with Gasteiger partial charge in [0.15, 0.2) is 0 Å². The van der Waals surface area contributed by atoms with Crippen molar-refractivity contribution in [3.63, 3.8) is 0 Å². The molecule has 0 aliphatic heterocycles. The summed E-state index contributed by atoms with van der Waals surface area (Å²) in [5.41, 5.74) is 1.91. The molecule has 0 aliphatic carbocycles. The Balaban J connectivity index is 1.62. The fourth-order valence-corrected chi connectivity index (χ4v) is 4.05. The Morgan fingerprint density at radius 1 is 0.867 bits per heavy atom. The molecule has 6 nitrogen and oxygen atoms in total. The average molecular weight is 425 g/mol. The van der Waals surface area contributed by atoms with Gasteiger partial charge in [-0.05, 0) is 35.4 Å². The van der Waals surface area contributed by atoms with Gasteiger partial charge >= 0.3 is 0 Å². The lowest BCUT2D eigenvalue weighted by Gasteiger charge is -2.20. The van der Waals surface area contributed by atoms with Crippen LogP contribution in [0.25, 0.3) is 0 Å². The largest absolute Gasteiger partial charge is 0.497 e. The number of hydrogen-bond acceptors (Lipinski definition) is 4. The van der Waals surface area contributed by atoms with Crippen LogP contribution in [0.3, 0.4) is 0 Å². The van der Waals surface area contributed by atoms with Crippen LogP contribution in [0.1, 0.15) is 23.6 Å². The summed E-state index contributed by atoms with van der Waals surface area (Å²) in [6.45, 7) is -0.00348. The summed E-state index contributed by atoms with van der Waals surface area (Å²) in [4.78, 5) is 12.7. The van der Waals surface area contributed by atoms with Crippen molar-refractivity contribution in [2.24, 2.45) is 0 Å². The maximum atomic E-state index is 12.5. The van der Waals surface area contributed by atoms with Crippen molar-refractivity contribution in [3.8, 4) is 5.75 Å². The lowest BCUT2D eigenvalue weighted by atomic mass is 9.98. The molecule has 0 saturated carbocycles. The molecule has 156 valence electrons. The van der Waals surface area contributed by atoms with Crippen molar-refractivity contribution in [3.05, 3.63) is 96.1 Å². The van der Waals surface area contributed by atoms with Gasteiger partial charge < -0.3 is 10.1 Å². The molecule has 3 aromatic carbocycles. The minimum atomic E-state index is -3.70. The molecule has 3 rings (SSSR count). The van der Waals surface area contributed by atoms with Gasteiger partial charge in [-0.3, -0.25) is 4.79 Å². The van der Waals surface area contributed by atoms with Crippen LogP contribution >= 0.6 is 0 Å². The second kappa shape index (κ2) is 10.0. The van der Waals surface area contributed by atoms with E-state index in [1.807, 2.05) is 60.7 Å². The van der Waals surface area contributed by atoms with Crippen molar-refractivity contribution in [1.29, 1.82) is 0 Å². The fraction of sp³-hybridized carbons (Fsp3) is 0.174. The predicted octanol–water partition coefficient (Wildman–Crippen LogP) is 3.27. The molecule has 0 unspecified atom stereocenters. The molecule has 0 aliphatic rings. The Hall–Kier alpha value is -3.16. The first kappa shape index (κ1) is 21.5. The molecule has 1 amide bonds. The molecule has 0 bridgehead atoms. The number of nitrogens with one attached hydrogen (secondary N) is 2. The van der Waals surface area contributed by atoms with E-state index in [2.05, 4.69) is 10.0 Å². The molecule has 0 aromatic heterocycles. The number of benzene rings is 3. The van der Waals surface area contributed by atoms with Gasteiger partial charge in [0.05, 0.1) is 18.0 Å². The van der Waals surface area contributed by atoms with Gasteiger partial charge in [-0.2, -0.15) is 0 Å². The molecular formula is C23H24N2O4S. The summed E-state index contributed by atoms with van der Waals surface area (Å²) < 4.78 is 32.3. The van der Waals surface area contributed by atoms with Crippen molar-refractivity contribution < 1.29 is 17.9 Å². The highest BCUT2D eigenvalue weighted by atomic mass is 32.2. The molecular weight excluding hydrogens is 400 g/mol. The molecule has 0 radical (unpaired) electrons. The number of rotatable bonds is 9. The van der Waals surface area contributed by atoms with Gasteiger partial charge in [-0.25, -0.2) is 13.1 Å². The first-order valence-corrected chi connectivity index (χ1v) is 11.0. The number of methoxy groups -OCH3 is 1. The highest BCUT2D eigenvalue weighted by Crippen LogP contribution is 2.22. The van der Waals surface area contributed by atoms with Crippen LogP contribution in [0.4, 0.5) is 0 Å². The molecule has 3 aromatic rings. The standard InChI is InChI=1S/C23H24N2O4S/c1-29-20-12-14-21(15-13-20)30(27,28)24-17-16-22(26)25-23(18-8-4-2-5-9-18)19-10-6-3-7-11-19/h2-15,23-24H,16-17H2,1H3,(H,25,26). The molecule has 0 spiro atoms. The van der Waals surface area contributed by atoms with Gasteiger partial charge in [0, 0.05) is 13.0 Å². The lowest BCUT2D eigenvalue weighted by Crippen LogP contribution is -2.33. The van der Waals surface area contributed by atoms with Gasteiger partial charge in [-0.1, -0.05) is 60.7 Å². The van der Waals surface area contributed by atoms with Crippen molar-refractivity contribution in [1.82, 2.24) is 10.0 Å². The molecule has 7 heteroatoms. The van der Waals surface area contributed by atoms with Crippen LogP contribution < -0.4 is 14.8 Å². The van der Waals surface area contributed by atoms with Gasteiger partial charge in [-0.15, -0.1) is 0 Å². The second-order valence-corrected chi connectivity index (χ2v) is 8.41. The summed E-state index contributed by atoms with van der Waals surface area (Å²) in [6.07, 6.45) is 0.0194. The van der Waals surface area contributed by atoms with Crippen LogP contribution in [0.5, 0.6) is 5.75 Å². The van der Waals surface area contributed by atoms with Gasteiger partial charge in [0.2, 0.25) is 15.9 Å². The van der Waals surface area contributed by atoms with E-state index in [9.17, 15) is 13.2 Å². The van der Waals surface area contributed by atoms with E-state index < -0.39 is 10.0 Å². The number of carbonyl (C=O) groups excluding carboxylic acids is 1. The summed E-state index contributed by atoms with van der Waals surface area (Å²) in [6, 6.07) is 25.1. The predicted molar refractivity (Wildman–Crippen MR) is 116 cm³/mol. The first-order valence-electron chi connectivity index (χ1n) is 9.52. The minimum absolute atomic E-state index is 0.00348. The zero-order chi connectivity index (χ0) is 21.4. The van der Waals surface area contributed by atoms with Crippen LogP contribution in [-0.4, -0.2) is 28.0 Å². The lowest BCUT2D eigenvalue weighted by molar-refractivity contribution is -0.121. The number of sulfonamides is 1. The molecule has 0 saturated heterocycles. The summed E-state index contributed by atoms with van der Waals surface area (Å²) in [7, 11) is -2.19. The van der Waals surface area contributed by atoms with Crippen molar-refractivity contribution in [2.75, 3.05) is 13.7 Å². The Morgan fingerprint density at radius 2 is 1.40 bits per heavy atom. The Kier molecular flexibility index (Phi) is 7.21. The monoisotopic (exact) mass is 424 g/mol. The van der Waals surface area contributed by atoms with Crippen molar-refractivity contribution in [2.45, 2.75) is 17.4 Å². The van der Waals surface area contributed by atoms with E-state index in [-0.39, 0.29) is 29.8 Å². The number of hydrogen-bond donors (Lipinski definition) is 2. The van der Waals surface area contributed by atoms with E-state index in [1.165, 1.54) is 19.2 Å². The highest BCUT2D eigenvalue weighted by Gasteiger charge is 2.18. The van der Waals surface area contributed by atoms with E-state index in [4.69, 9.17) is 4.74 Å². The fourth-order valence-electron chi connectivity index (χ4n) is 3.02. The maximum Gasteiger partial charge on any atom is 0.240 e. The third-order valence-corrected chi connectivity index (χ3v) is 6.06. The summed E-state index contributed by atoms with van der Waals surface area (Å²) >= 11 is 0. The molecule has 0 heterocycles. The minimum Gasteiger partial charge on any atom is -0.497 e. The third-order valence-electron chi connectivity index (χ3n) is 4.59. The molecule has 2 N–H and O–H groups in total. The zero-order valence-corrected chi connectivity index (χ0v) is 17.4. The second-order valence-electron chi connectivity index (χ2n) is 6.65.